The molecule has 0 saturated heterocycles. The number of hydrogen-bond acceptors (Lipinski definition) is 5. The molecule has 1 amide bonds. The number of hydrazone groups is 1. The van der Waals surface area contributed by atoms with Crippen LogP contribution in [-0.4, -0.2) is 36.1 Å². The Hall–Kier alpha value is -2.80. The van der Waals surface area contributed by atoms with E-state index < -0.39 is 5.97 Å². The lowest BCUT2D eigenvalue weighted by Crippen LogP contribution is -2.20. The first-order valence-electron chi connectivity index (χ1n) is 7.45. The van der Waals surface area contributed by atoms with Gasteiger partial charge < -0.3 is 9.84 Å². The summed E-state index contributed by atoms with van der Waals surface area (Å²) < 4.78 is 5.09. The van der Waals surface area contributed by atoms with Gasteiger partial charge in [-0.1, -0.05) is 30.3 Å². The van der Waals surface area contributed by atoms with Crippen LogP contribution < -0.4 is 10.2 Å². The average Bonchev–Trinajstić information content (AvgIpc) is 2.62. The lowest BCUT2D eigenvalue weighted by atomic mass is 10.1. The number of rotatable bonds is 8. The zero-order valence-corrected chi connectivity index (χ0v) is 14.5. The highest BCUT2D eigenvalue weighted by molar-refractivity contribution is 7.99. The van der Waals surface area contributed by atoms with Crippen molar-refractivity contribution in [2.75, 3.05) is 12.9 Å². The highest BCUT2D eigenvalue weighted by Gasteiger charge is 2.07. The minimum atomic E-state index is -1.04. The fourth-order valence-electron chi connectivity index (χ4n) is 1.99. The molecule has 7 heteroatoms. The Morgan fingerprint density at radius 2 is 1.92 bits per heavy atom. The molecular weight excluding hydrogens is 340 g/mol. The van der Waals surface area contributed by atoms with Gasteiger partial charge in [0.05, 0.1) is 24.6 Å². The largest absolute Gasteiger partial charge is 0.497 e. The topological polar surface area (TPSA) is 88.0 Å². The number of carbonyl (C=O) groups excluding carboxylic acids is 1. The number of nitrogens with one attached hydrogen (secondary N) is 1. The van der Waals surface area contributed by atoms with Crippen molar-refractivity contribution < 1.29 is 19.4 Å². The molecule has 25 heavy (non-hydrogen) atoms. The van der Waals surface area contributed by atoms with Crippen LogP contribution in [-0.2, 0) is 10.5 Å². The predicted octanol–water partition coefficient (Wildman–Crippen LogP) is 2.78. The van der Waals surface area contributed by atoms with Crippen molar-refractivity contribution in [1.82, 2.24) is 5.43 Å². The van der Waals surface area contributed by atoms with Crippen molar-refractivity contribution in [2.45, 2.75) is 5.75 Å². The Labute approximate surface area is 149 Å². The van der Waals surface area contributed by atoms with E-state index in [9.17, 15) is 9.59 Å². The normalized spacial score (nSPS) is 10.6. The molecule has 2 N–H and O–H groups in total. The minimum absolute atomic E-state index is 0.134. The van der Waals surface area contributed by atoms with E-state index in [1.807, 2.05) is 24.3 Å². The zero-order chi connectivity index (χ0) is 18.1. The van der Waals surface area contributed by atoms with Gasteiger partial charge in [0.2, 0.25) is 5.91 Å². The van der Waals surface area contributed by atoms with Gasteiger partial charge in [0.15, 0.2) is 0 Å². The fraction of sp³-hybridized carbons (Fsp3) is 0.167. The van der Waals surface area contributed by atoms with Crippen molar-refractivity contribution >= 4 is 29.9 Å². The van der Waals surface area contributed by atoms with E-state index in [0.717, 1.165) is 11.3 Å². The van der Waals surface area contributed by atoms with Gasteiger partial charge in [-0.3, -0.25) is 4.79 Å². The molecule has 0 bridgehead atoms. The van der Waals surface area contributed by atoms with E-state index in [1.54, 1.807) is 25.3 Å². The molecule has 2 aromatic carbocycles. The molecule has 0 aliphatic carbocycles. The molecular formula is C18H18N2O4S. The van der Waals surface area contributed by atoms with Gasteiger partial charge in [0, 0.05) is 11.3 Å². The second kappa shape index (κ2) is 9.48. The van der Waals surface area contributed by atoms with Crippen LogP contribution in [0.5, 0.6) is 5.75 Å². The first-order chi connectivity index (χ1) is 12.1. The smallest absolute Gasteiger partial charge is 0.336 e. The Morgan fingerprint density at radius 3 is 2.60 bits per heavy atom. The van der Waals surface area contributed by atoms with E-state index in [-0.39, 0.29) is 17.2 Å². The third-order valence-electron chi connectivity index (χ3n) is 3.25. The second-order valence-electron chi connectivity index (χ2n) is 5.03. The van der Waals surface area contributed by atoms with Crippen molar-refractivity contribution in [2.24, 2.45) is 5.10 Å². The van der Waals surface area contributed by atoms with Crippen LogP contribution in [0.3, 0.4) is 0 Å². The molecule has 0 unspecified atom stereocenters. The molecule has 0 radical (unpaired) electrons. The van der Waals surface area contributed by atoms with E-state index in [0.29, 0.717) is 11.3 Å². The number of nitrogens with zero attached hydrogens (tertiary/aromatic N) is 1. The first-order valence-corrected chi connectivity index (χ1v) is 8.60. The third kappa shape index (κ3) is 5.96. The summed E-state index contributed by atoms with van der Waals surface area (Å²) in [5, 5.41) is 12.9. The molecule has 2 rings (SSSR count). The van der Waals surface area contributed by atoms with Gasteiger partial charge in [-0.15, -0.1) is 11.8 Å². The zero-order valence-electron chi connectivity index (χ0n) is 13.6. The van der Waals surface area contributed by atoms with E-state index in [4.69, 9.17) is 9.84 Å². The van der Waals surface area contributed by atoms with Gasteiger partial charge in [-0.05, 0) is 23.8 Å². The van der Waals surface area contributed by atoms with Gasteiger partial charge in [0.25, 0.3) is 0 Å². The predicted molar refractivity (Wildman–Crippen MR) is 98.3 cm³/mol. The molecule has 0 aliphatic rings. The average molecular weight is 358 g/mol. The second-order valence-corrected chi connectivity index (χ2v) is 6.01. The van der Waals surface area contributed by atoms with E-state index in [2.05, 4.69) is 10.5 Å². The minimum Gasteiger partial charge on any atom is -0.497 e. The van der Waals surface area contributed by atoms with Crippen LogP contribution in [0.1, 0.15) is 21.5 Å². The molecule has 0 spiro atoms. The lowest BCUT2D eigenvalue weighted by molar-refractivity contribution is -0.118. The van der Waals surface area contributed by atoms with Crippen molar-refractivity contribution in [1.29, 1.82) is 0 Å². The van der Waals surface area contributed by atoms with Gasteiger partial charge in [-0.25, -0.2) is 10.2 Å². The van der Waals surface area contributed by atoms with Gasteiger partial charge in [-0.2, -0.15) is 5.10 Å². The monoisotopic (exact) mass is 358 g/mol. The van der Waals surface area contributed by atoms with Crippen LogP contribution in [0.15, 0.2) is 53.6 Å². The molecule has 0 saturated carbocycles. The molecule has 0 aromatic heterocycles. The summed E-state index contributed by atoms with van der Waals surface area (Å²) >= 11 is 1.46. The summed E-state index contributed by atoms with van der Waals surface area (Å²) in [6.07, 6.45) is 1.33. The number of benzene rings is 2. The van der Waals surface area contributed by atoms with Crippen molar-refractivity contribution in [3.05, 3.63) is 65.2 Å². The molecule has 2 aromatic rings. The Kier molecular flexibility index (Phi) is 7.03. The molecule has 0 aliphatic heterocycles. The summed E-state index contributed by atoms with van der Waals surface area (Å²) in [6, 6.07) is 14.1. The number of thioether (sulfide) groups is 1. The quantitative estimate of drug-likeness (QED) is 0.560. The van der Waals surface area contributed by atoms with Crippen LogP contribution >= 0.6 is 11.8 Å². The Morgan fingerprint density at radius 1 is 1.20 bits per heavy atom. The Bertz CT molecular complexity index is 760. The lowest BCUT2D eigenvalue weighted by Gasteiger charge is -2.03. The summed E-state index contributed by atoms with van der Waals surface area (Å²) in [7, 11) is 1.61. The molecule has 0 atom stereocenters. The number of carbonyl (C=O) groups is 2. The van der Waals surface area contributed by atoms with Crippen molar-refractivity contribution in [3.63, 3.8) is 0 Å². The summed E-state index contributed by atoms with van der Waals surface area (Å²) in [6.45, 7) is 0. The first kappa shape index (κ1) is 18.5. The van der Waals surface area contributed by atoms with Crippen LogP contribution in [0, 0.1) is 0 Å². The Balaban J connectivity index is 1.78. The number of amides is 1. The number of carboxylic acid groups (broad SMARTS) is 1. The maximum atomic E-state index is 11.8. The number of hydrogen-bond donors (Lipinski definition) is 2. The number of ether oxygens (including phenoxy) is 1. The van der Waals surface area contributed by atoms with Crippen molar-refractivity contribution in [3.8, 4) is 5.75 Å². The maximum Gasteiger partial charge on any atom is 0.336 e. The standard InChI is InChI=1S/C18H18N2O4S/c1-24-15-8-6-13(7-9-15)11-25-12-17(21)20-19-10-14-4-2-3-5-16(14)18(22)23/h2-10H,11-12H2,1H3,(H,20,21)(H,22,23). The number of carboxylic acids is 1. The maximum absolute atomic E-state index is 11.8. The molecule has 6 nitrogen and oxygen atoms in total. The fourth-order valence-corrected chi connectivity index (χ4v) is 2.77. The van der Waals surface area contributed by atoms with Crippen LogP contribution in [0.4, 0.5) is 0 Å². The molecule has 0 fully saturated rings. The highest BCUT2D eigenvalue weighted by atomic mass is 32.2. The van der Waals surface area contributed by atoms with E-state index >= 15 is 0 Å². The third-order valence-corrected chi connectivity index (χ3v) is 4.25. The van der Waals surface area contributed by atoms with Crippen LogP contribution in [0.25, 0.3) is 0 Å². The molecule has 0 heterocycles. The summed E-state index contributed by atoms with van der Waals surface area (Å²) in [5.41, 5.74) is 4.06. The van der Waals surface area contributed by atoms with Gasteiger partial charge in [0.1, 0.15) is 5.75 Å². The molecule has 130 valence electrons. The number of methoxy groups -OCH3 is 1. The summed E-state index contributed by atoms with van der Waals surface area (Å²) in [4.78, 5) is 22.8. The van der Waals surface area contributed by atoms with Crippen LogP contribution in [0.2, 0.25) is 0 Å². The summed E-state index contributed by atoms with van der Waals surface area (Å²) in [5.74, 6) is 0.459. The van der Waals surface area contributed by atoms with E-state index in [1.165, 1.54) is 24.0 Å². The van der Waals surface area contributed by atoms with Gasteiger partial charge >= 0.3 is 5.97 Å². The SMILES string of the molecule is COc1ccc(CSCC(=O)NN=Cc2ccccc2C(=O)O)cc1. The number of aromatic carboxylic acids is 1. The highest BCUT2D eigenvalue weighted by Crippen LogP contribution is 2.16.